The van der Waals surface area contributed by atoms with Crippen LogP contribution in [0.5, 0.6) is 0 Å². The lowest BCUT2D eigenvalue weighted by Crippen LogP contribution is -2.18. The van der Waals surface area contributed by atoms with Crippen molar-refractivity contribution < 1.29 is 4.74 Å². The number of fused-ring (bicyclic) bond motifs is 1. The third-order valence-corrected chi connectivity index (χ3v) is 5.13. The number of aromatic amines is 1. The molecule has 1 atom stereocenters. The summed E-state index contributed by atoms with van der Waals surface area (Å²) in [5, 5.41) is 6.09. The normalized spacial score (nSPS) is 17.4. The minimum atomic E-state index is 0.0362. The Bertz CT molecular complexity index is 1100. The summed E-state index contributed by atoms with van der Waals surface area (Å²) >= 11 is 5.96. The highest BCUT2D eigenvalue weighted by Gasteiger charge is 2.18. The highest BCUT2D eigenvalue weighted by molar-refractivity contribution is 6.28. The van der Waals surface area contributed by atoms with Gasteiger partial charge in [0.15, 0.2) is 0 Å². The van der Waals surface area contributed by atoms with Crippen molar-refractivity contribution >= 4 is 22.5 Å². The Morgan fingerprint density at radius 3 is 2.93 bits per heavy atom. The summed E-state index contributed by atoms with van der Waals surface area (Å²) in [4.78, 5) is 11.7. The van der Waals surface area contributed by atoms with E-state index in [2.05, 4.69) is 27.1 Å². The molecule has 136 valence electrons. The molecule has 1 fully saturated rings. The van der Waals surface area contributed by atoms with Gasteiger partial charge in [-0.15, -0.1) is 0 Å². The number of halogens is 1. The number of hydrogen-bond donors (Lipinski definition) is 1. The van der Waals surface area contributed by atoms with E-state index in [1.807, 2.05) is 35.3 Å². The third-order valence-electron chi connectivity index (χ3n) is 4.95. The van der Waals surface area contributed by atoms with Crippen LogP contribution in [0.15, 0.2) is 48.9 Å². The van der Waals surface area contributed by atoms with Gasteiger partial charge in [-0.05, 0) is 43.0 Å². The molecule has 0 radical (unpaired) electrons. The summed E-state index contributed by atoms with van der Waals surface area (Å²) in [7, 11) is 0. The molecule has 4 aromatic rings. The van der Waals surface area contributed by atoms with Gasteiger partial charge in [-0.2, -0.15) is 5.10 Å². The molecular formula is C20H18ClN5O. The molecule has 0 aliphatic carbocycles. The van der Waals surface area contributed by atoms with Crippen LogP contribution in [0.4, 0.5) is 0 Å². The van der Waals surface area contributed by atoms with E-state index in [1.54, 1.807) is 6.20 Å². The number of aromatic nitrogens is 5. The summed E-state index contributed by atoms with van der Waals surface area (Å²) in [5.74, 6) is 0. The molecule has 1 aliphatic rings. The van der Waals surface area contributed by atoms with Crippen LogP contribution in [-0.2, 0) is 4.74 Å². The Morgan fingerprint density at radius 1 is 1.11 bits per heavy atom. The zero-order valence-electron chi connectivity index (χ0n) is 14.6. The number of nitrogens with one attached hydrogen (secondary N) is 1. The van der Waals surface area contributed by atoms with E-state index in [9.17, 15) is 0 Å². The maximum atomic E-state index is 5.96. The molecule has 6 nitrogen and oxygen atoms in total. The second-order valence-electron chi connectivity index (χ2n) is 6.64. The molecule has 1 N–H and O–H groups in total. The van der Waals surface area contributed by atoms with Gasteiger partial charge < -0.3 is 9.72 Å². The van der Waals surface area contributed by atoms with Gasteiger partial charge in [0.25, 0.3) is 0 Å². The predicted molar refractivity (Wildman–Crippen MR) is 104 cm³/mol. The average Bonchev–Trinajstić information content (AvgIpc) is 3.36. The monoisotopic (exact) mass is 379 g/mol. The SMILES string of the molecule is Clc1nccc(-c2c[nH]c3c(-c4ccn(C5CCCCO5)n4)cccc23)n1. The second kappa shape index (κ2) is 6.79. The Kier molecular flexibility index (Phi) is 4.14. The average molecular weight is 380 g/mol. The smallest absolute Gasteiger partial charge is 0.222 e. The van der Waals surface area contributed by atoms with E-state index in [4.69, 9.17) is 21.4 Å². The fourth-order valence-corrected chi connectivity index (χ4v) is 3.79. The lowest BCUT2D eigenvalue weighted by Gasteiger charge is -2.22. The molecule has 3 aromatic heterocycles. The van der Waals surface area contributed by atoms with Crippen LogP contribution in [0, 0.1) is 0 Å². The summed E-state index contributed by atoms with van der Waals surface area (Å²) in [6, 6.07) is 10.1. The highest BCUT2D eigenvalue weighted by atomic mass is 35.5. The van der Waals surface area contributed by atoms with Crippen molar-refractivity contribution in [3.8, 4) is 22.5 Å². The standard InChI is InChI=1S/C20H18ClN5O/c21-20-22-9-7-16(24-20)15-12-23-19-13(15)4-3-5-14(19)17-8-10-26(25-17)18-6-1-2-11-27-18/h3-5,7-10,12,18,23H,1-2,6,11H2. The van der Waals surface area contributed by atoms with Gasteiger partial charge >= 0.3 is 0 Å². The van der Waals surface area contributed by atoms with Crippen molar-refractivity contribution in [2.45, 2.75) is 25.5 Å². The van der Waals surface area contributed by atoms with Gasteiger partial charge in [0.05, 0.1) is 16.9 Å². The van der Waals surface area contributed by atoms with Crippen LogP contribution in [-0.4, -0.2) is 31.3 Å². The second-order valence-corrected chi connectivity index (χ2v) is 6.98. The van der Waals surface area contributed by atoms with Crippen LogP contribution < -0.4 is 0 Å². The first-order chi connectivity index (χ1) is 13.3. The fraction of sp³-hybridized carbons (Fsp3) is 0.250. The van der Waals surface area contributed by atoms with Crippen LogP contribution in [0.25, 0.3) is 33.4 Å². The number of rotatable bonds is 3. The van der Waals surface area contributed by atoms with Crippen LogP contribution in [0.1, 0.15) is 25.5 Å². The van der Waals surface area contributed by atoms with Crippen molar-refractivity contribution in [1.82, 2.24) is 24.7 Å². The topological polar surface area (TPSA) is 68.6 Å². The Balaban J connectivity index is 1.56. The Hall–Kier alpha value is -2.70. The quantitative estimate of drug-likeness (QED) is 0.517. The molecule has 1 saturated heterocycles. The predicted octanol–water partition coefficient (Wildman–Crippen LogP) is 4.84. The zero-order valence-corrected chi connectivity index (χ0v) is 15.4. The molecule has 0 bridgehead atoms. The number of nitrogens with zero attached hydrogens (tertiary/aromatic N) is 4. The van der Waals surface area contributed by atoms with Crippen molar-refractivity contribution in [2.75, 3.05) is 6.61 Å². The lowest BCUT2D eigenvalue weighted by atomic mass is 10.1. The number of benzene rings is 1. The van der Waals surface area contributed by atoms with Crippen LogP contribution in [0.3, 0.4) is 0 Å². The van der Waals surface area contributed by atoms with E-state index in [0.29, 0.717) is 0 Å². The maximum Gasteiger partial charge on any atom is 0.222 e. The molecule has 5 rings (SSSR count). The highest BCUT2D eigenvalue weighted by Crippen LogP contribution is 2.34. The molecule has 7 heteroatoms. The molecule has 1 aliphatic heterocycles. The number of para-hydroxylation sites is 1. The summed E-state index contributed by atoms with van der Waals surface area (Å²) in [6.45, 7) is 0.803. The van der Waals surface area contributed by atoms with Crippen LogP contribution >= 0.6 is 11.6 Å². The van der Waals surface area contributed by atoms with E-state index in [1.165, 1.54) is 6.42 Å². The summed E-state index contributed by atoms with van der Waals surface area (Å²) < 4.78 is 7.77. The van der Waals surface area contributed by atoms with Crippen molar-refractivity contribution in [1.29, 1.82) is 0 Å². The molecular weight excluding hydrogens is 362 g/mol. The first kappa shape index (κ1) is 16.5. The van der Waals surface area contributed by atoms with Gasteiger partial charge in [0, 0.05) is 41.7 Å². The van der Waals surface area contributed by atoms with E-state index in [-0.39, 0.29) is 11.5 Å². The van der Waals surface area contributed by atoms with Gasteiger partial charge in [-0.3, -0.25) is 0 Å². The summed E-state index contributed by atoms with van der Waals surface area (Å²) in [5.41, 5.74) is 4.78. The van der Waals surface area contributed by atoms with E-state index < -0.39 is 0 Å². The third kappa shape index (κ3) is 3.01. The van der Waals surface area contributed by atoms with Gasteiger partial charge in [-0.1, -0.05) is 18.2 Å². The van der Waals surface area contributed by atoms with Crippen molar-refractivity contribution in [3.63, 3.8) is 0 Å². The largest absolute Gasteiger partial charge is 0.360 e. The molecule has 1 aromatic carbocycles. The lowest BCUT2D eigenvalue weighted by molar-refractivity contribution is -0.0393. The fourth-order valence-electron chi connectivity index (χ4n) is 3.64. The number of hydrogen-bond acceptors (Lipinski definition) is 4. The van der Waals surface area contributed by atoms with E-state index in [0.717, 1.165) is 52.9 Å². The molecule has 4 heterocycles. The Labute approximate surface area is 161 Å². The van der Waals surface area contributed by atoms with Gasteiger partial charge in [0.2, 0.25) is 5.28 Å². The van der Waals surface area contributed by atoms with Crippen molar-refractivity contribution in [2.24, 2.45) is 0 Å². The molecule has 27 heavy (non-hydrogen) atoms. The molecule has 0 spiro atoms. The molecule has 0 saturated carbocycles. The maximum absolute atomic E-state index is 5.96. The zero-order chi connectivity index (χ0) is 18.2. The van der Waals surface area contributed by atoms with Gasteiger partial charge in [0.1, 0.15) is 6.23 Å². The number of ether oxygens (including phenoxy) is 1. The molecule has 1 unspecified atom stereocenters. The first-order valence-corrected chi connectivity index (χ1v) is 9.43. The van der Waals surface area contributed by atoms with Crippen LogP contribution in [0.2, 0.25) is 5.28 Å². The minimum absolute atomic E-state index is 0.0362. The van der Waals surface area contributed by atoms with Crippen molar-refractivity contribution in [3.05, 3.63) is 54.2 Å². The minimum Gasteiger partial charge on any atom is -0.360 e. The Morgan fingerprint density at radius 2 is 2.07 bits per heavy atom. The molecule has 0 amide bonds. The van der Waals surface area contributed by atoms with E-state index >= 15 is 0 Å². The number of H-pyrrole nitrogens is 1. The first-order valence-electron chi connectivity index (χ1n) is 9.06. The van der Waals surface area contributed by atoms with Gasteiger partial charge in [-0.25, -0.2) is 14.6 Å². The summed E-state index contributed by atoms with van der Waals surface area (Å²) in [6.07, 6.45) is 8.96.